The van der Waals surface area contributed by atoms with Gasteiger partial charge in [-0.2, -0.15) is 0 Å². The van der Waals surface area contributed by atoms with Gasteiger partial charge in [-0.3, -0.25) is 0 Å². The Morgan fingerprint density at radius 1 is 0.871 bits per heavy atom. The average molecular weight is 440 g/mol. The molecular weight excluding hydrogens is 414 g/mol. The highest BCUT2D eigenvalue weighted by molar-refractivity contribution is 6.30. The van der Waals surface area contributed by atoms with E-state index in [2.05, 4.69) is 5.32 Å². The lowest BCUT2D eigenvalue weighted by molar-refractivity contribution is 0.0526. The fourth-order valence-electron chi connectivity index (χ4n) is 2.98. The number of ether oxygens (including phenoxy) is 3. The SMILES string of the molecule is CCOC(=O)c1ccc(NCc2ccc(OCc3cccc(Cl)c3)c(OCC)c2)cc1. The largest absolute Gasteiger partial charge is 0.490 e. The van der Waals surface area contributed by atoms with E-state index in [0.29, 0.717) is 48.5 Å². The van der Waals surface area contributed by atoms with Crippen LogP contribution in [-0.4, -0.2) is 19.2 Å². The van der Waals surface area contributed by atoms with Gasteiger partial charge in [-0.05, 0) is 73.5 Å². The first kappa shape index (κ1) is 22.5. The summed E-state index contributed by atoms with van der Waals surface area (Å²) in [6.07, 6.45) is 0. The Hall–Kier alpha value is -3.18. The second-order valence-corrected chi connectivity index (χ2v) is 7.22. The maximum Gasteiger partial charge on any atom is 0.338 e. The molecule has 0 aliphatic rings. The lowest BCUT2D eigenvalue weighted by Crippen LogP contribution is -2.05. The number of hydrogen-bond acceptors (Lipinski definition) is 5. The summed E-state index contributed by atoms with van der Waals surface area (Å²) in [5.41, 5.74) is 3.49. The smallest absolute Gasteiger partial charge is 0.338 e. The van der Waals surface area contributed by atoms with E-state index in [0.717, 1.165) is 16.8 Å². The molecule has 5 nitrogen and oxygen atoms in total. The quantitative estimate of drug-likeness (QED) is 0.386. The Labute approximate surface area is 187 Å². The molecule has 3 aromatic rings. The molecule has 0 saturated heterocycles. The highest BCUT2D eigenvalue weighted by Crippen LogP contribution is 2.30. The van der Waals surface area contributed by atoms with Gasteiger partial charge in [-0.15, -0.1) is 0 Å². The number of carbonyl (C=O) groups excluding carboxylic acids is 1. The van der Waals surface area contributed by atoms with Gasteiger partial charge in [-0.25, -0.2) is 4.79 Å². The zero-order chi connectivity index (χ0) is 22.1. The summed E-state index contributed by atoms with van der Waals surface area (Å²) >= 11 is 6.04. The van der Waals surface area contributed by atoms with Crippen LogP contribution in [0.4, 0.5) is 5.69 Å². The molecule has 3 rings (SSSR count). The molecule has 0 fully saturated rings. The number of anilines is 1. The molecule has 0 spiro atoms. The predicted octanol–water partition coefficient (Wildman–Crippen LogP) is 6.11. The predicted molar refractivity (Wildman–Crippen MR) is 123 cm³/mol. The second kappa shape index (κ2) is 11.3. The number of benzene rings is 3. The molecule has 0 amide bonds. The molecule has 0 unspecified atom stereocenters. The van der Waals surface area contributed by atoms with Gasteiger partial charge in [0.1, 0.15) is 6.61 Å². The summed E-state index contributed by atoms with van der Waals surface area (Å²) in [5, 5.41) is 4.03. The van der Waals surface area contributed by atoms with Crippen molar-refractivity contribution < 1.29 is 19.0 Å². The molecule has 0 radical (unpaired) electrons. The van der Waals surface area contributed by atoms with Crippen LogP contribution in [0.5, 0.6) is 11.5 Å². The highest BCUT2D eigenvalue weighted by Gasteiger charge is 2.09. The van der Waals surface area contributed by atoms with Gasteiger partial charge >= 0.3 is 5.97 Å². The Morgan fingerprint density at radius 2 is 1.68 bits per heavy atom. The van der Waals surface area contributed by atoms with Crippen molar-refractivity contribution in [3.8, 4) is 11.5 Å². The third kappa shape index (κ3) is 6.66. The van der Waals surface area contributed by atoms with Crippen LogP contribution >= 0.6 is 11.6 Å². The van der Waals surface area contributed by atoms with Crippen LogP contribution in [-0.2, 0) is 17.9 Å². The summed E-state index contributed by atoms with van der Waals surface area (Å²) < 4.78 is 16.7. The van der Waals surface area contributed by atoms with Crippen molar-refractivity contribution >= 4 is 23.3 Å². The Balaban J connectivity index is 1.62. The third-order valence-corrected chi connectivity index (χ3v) is 4.72. The minimum absolute atomic E-state index is 0.316. The molecule has 0 atom stereocenters. The molecule has 1 N–H and O–H groups in total. The van der Waals surface area contributed by atoms with Gasteiger partial charge in [0.05, 0.1) is 18.8 Å². The third-order valence-electron chi connectivity index (χ3n) is 4.48. The van der Waals surface area contributed by atoms with Crippen LogP contribution in [0.2, 0.25) is 5.02 Å². The number of esters is 1. The van der Waals surface area contributed by atoms with E-state index in [1.807, 2.05) is 61.5 Å². The van der Waals surface area contributed by atoms with E-state index in [1.165, 1.54) is 0 Å². The van der Waals surface area contributed by atoms with E-state index >= 15 is 0 Å². The van der Waals surface area contributed by atoms with Gasteiger partial charge in [-0.1, -0.05) is 29.8 Å². The Morgan fingerprint density at radius 3 is 2.39 bits per heavy atom. The summed E-state index contributed by atoms with van der Waals surface area (Å²) in [7, 11) is 0. The van der Waals surface area contributed by atoms with Gasteiger partial charge in [0, 0.05) is 17.3 Å². The van der Waals surface area contributed by atoms with E-state index in [4.69, 9.17) is 25.8 Å². The van der Waals surface area contributed by atoms with Gasteiger partial charge in [0.25, 0.3) is 0 Å². The van der Waals surface area contributed by atoms with Gasteiger partial charge in [0.15, 0.2) is 11.5 Å². The van der Waals surface area contributed by atoms with Crippen molar-refractivity contribution in [2.45, 2.75) is 27.0 Å². The van der Waals surface area contributed by atoms with Crippen molar-refractivity contribution in [1.29, 1.82) is 0 Å². The number of hydrogen-bond donors (Lipinski definition) is 1. The molecule has 0 saturated carbocycles. The molecule has 0 aliphatic heterocycles. The first-order valence-corrected chi connectivity index (χ1v) is 10.6. The van der Waals surface area contributed by atoms with Crippen LogP contribution in [0.3, 0.4) is 0 Å². The zero-order valence-electron chi connectivity index (χ0n) is 17.7. The second-order valence-electron chi connectivity index (χ2n) is 6.78. The van der Waals surface area contributed by atoms with Crippen LogP contribution in [0, 0.1) is 0 Å². The number of rotatable bonds is 10. The van der Waals surface area contributed by atoms with E-state index in [1.54, 1.807) is 19.1 Å². The van der Waals surface area contributed by atoms with E-state index in [-0.39, 0.29) is 5.97 Å². The Kier molecular flexibility index (Phi) is 8.19. The molecular formula is C25H26ClNO4. The summed E-state index contributed by atoms with van der Waals surface area (Å²) in [6, 6.07) is 20.7. The molecule has 6 heteroatoms. The number of nitrogens with one attached hydrogen (secondary N) is 1. The lowest BCUT2D eigenvalue weighted by Gasteiger charge is -2.14. The fraction of sp³-hybridized carbons (Fsp3) is 0.240. The topological polar surface area (TPSA) is 56.8 Å². The monoisotopic (exact) mass is 439 g/mol. The molecule has 0 heterocycles. The van der Waals surface area contributed by atoms with Crippen molar-refractivity contribution in [1.82, 2.24) is 0 Å². The van der Waals surface area contributed by atoms with Crippen LogP contribution in [0.15, 0.2) is 66.7 Å². The van der Waals surface area contributed by atoms with E-state index in [9.17, 15) is 4.79 Å². The Bertz CT molecular complexity index is 1000. The van der Waals surface area contributed by atoms with Crippen molar-refractivity contribution in [2.24, 2.45) is 0 Å². The number of halogens is 1. The molecule has 162 valence electrons. The minimum atomic E-state index is -0.316. The average Bonchev–Trinajstić information content (AvgIpc) is 2.78. The zero-order valence-corrected chi connectivity index (χ0v) is 18.4. The summed E-state index contributed by atoms with van der Waals surface area (Å²) in [4.78, 5) is 11.8. The van der Waals surface area contributed by atoms with Crippen LogP contribution < -0.4 is 14.8 Å². The van der Waals surface area contributed by atoms with E-state index < -0.39 is 0 Å². The fourth-order valence-corrected chi connectivity index (χ4v) is 3.19. The van der Waals surface area contributed by atoms with Crippen LogP contribution in [0.25, 0.3) is 0 Å². The first-order valence-electron chi connectivity index (χ1n) is 10.2. The maximum absolute atomic E-state index is 11.8. The maximum atomic E-state index is 11.8. The van der Waals surface area contributed by atoms with Crippen molar-refractivity contribution in [3.63, 3.8) is 0 Å². The lowest BCUT2D eigenvalue weighted by atomic mass is 10.1. The molecule has 0 aliphatic carbocycles. The summed E-state index contributed by atoms with van der Waals surface area (Å²) in [6.45, 7) is 5.65. The molecule has 3 aromatic carbocycles. The van der Waals surface area contributed by atoms with Gasteiger partial charge in [0.2, 0.25) is 0 Å². The summed E-state index contributed by atoms with van der Waals surface area (Å²) in [5.74, 6) is 1.06. The molecule has 0 aromatic heterocycles. The molecule has 0 bridgehead atoms. The van der Waals surface area contributed by atoms with Gasteiger partial charge < -0.3 is 19.5 Å². The molecule has 31 heavy (non-hydrogen) atoms. The van der Waals surface area contributed by atoms with Crippen LogP contribution in [0.1, 0.15) is 35.3 Å². The highest BCUT2D eigenvalue weighted by atomic mass is 35.5. The normalized spacial score (nSPS) is 10.4. The standard InChI is InChI=1S/C25H26ClNO4/c1-3-29-24-15-18(8-13-23(24)31-17-19-6-5-7-21(26)14-19)16-27-22-11-9-20(10-12-22)25(28)30-4-2/h5-15,27H,3-4,16-17H2,1-2H3. The van der Waals surface area contributed by atoms with Crippen molar-refractivity contribution in [3.05, 3.63) is 88.4 Å². The minimum Gasteiger partial charge on any atom is -0.490 e. The van der Waals surface area contributed by atoms with Crippen molar-refractivity contribution in [2.75, 3.05) is 18.5 Å². The first-order chi connectivity index (χ1) is 15.1. The number of carbonyl (C=O) groups is 1.